The minimum Gasteiger partial charge on any atom is -0.458 e. The molecule has 9 N–H and O–H groups in total. The lowest BCUT2D eigenvalue weighted by Crippen LogP contribution is -2.61. The topological polar surface area (TPSA) is 443 Å². The van der Waals surface area contributed by atoms with Crippen LogP contribution < -0.4 is 42.8 Å². The number of rotatable bonds is 28. The number of fused-ring (bicyclic) bond motifs is 11. The van der Waals surface area contributed by atoms with Crippen molar-refractivity contribution in [3.63, 3.8) is 0 Å². The van der Waals surface area contributed by atoms with E-state index in [9.17, 15) is 67.7 Å². The van der Waals surface area contributed by atoms with Gasteiger partial charge < -0.3 is 99.4 Å². The Kier molecular flexibility index (Phi) is 26.6. The van der Waals surface area contributed by atoms with Gasteiger partial charge in [0, 0.05) is 119 Å². The van der Waals surface area contributed by atoms with Gasteiger partial charge in [0.05, 0.1) is 122 Å². The highest BCUT2D eigenvalue weighted by Crippen LogP contribution is 2.55. The number of ether oxygens (including phenoxy) is 10. The molecule has 0 radical (unpaired) electrons. The number of carbonyl (C=O) groups excluding carboxylic acids is 11. The molecule has 12 bridgehead atoms. The van der Waals surface area contributed by atoms with Crippen molar-refractivity contribution < 1.29 is 115 Å². The first-order valence-corrected chi connectivity index (χ1v) is 45.3. The summed E-state index contributed by atoms with van der Waals surface area (Å²) in [5.41, 5.74) is 3.10. The second kappa shape index (κ2) is 37.9. The highest BCUT2D eigenvalue weighted by molar-refractivity contribution is 6.13. The molecule has 35 heteroatoms. The van der Waals surface area contributed by atoms with E-state index < -0.39 is 174 Å². The second-order valence-electron chi connectivity index (χ2n) is 36.6. The van der Waals surface area contributed by atoms with Crippen molar-refractivity contribution in [1.29, 1.82) is 0 Å². The average molecular weight is 1770 g/mol. The molecule has 1 aliphatic carbocycles. The predicted molar refractivity (Wildman–Crippen MR) is 451 cm³/mol. The van der Waals surface area contributed by atoms with Crippen LogP contribution in [0.4, 0.5) is 4.39 Å². The van der Waals surface area contributed by atoms with Crippen molar-refractivity contribution in [2.45, 2.75) is 308 Å². The normalized spacial score (nSPS) is 31.3. The predicted octanol–water partition coefficient (Wildman–Crippen LogP) is 3.82. The maximum atomic E-state index is 15.8. The summed E-state index contributed by atoms with van der Waals surface area (Å²) in [5, 5.41) is 42.5. The number of aromatic nitrogens is 2. The number of aliphatic hydroxyl groups excluding tert-OH is 1. The zero-order chi connectivity index (χ0) is 89.7. The number of esters is 1. The van der Waals surface area contributed by atoms with Gasteiger partial charge in [-0.15, -0.1) is 0 Å². The molecular weight excluding hydrogens is 1660 g/mol. The van der Waals surface area contributed by atoms with Gasteiger partial charge in [-0.25, -0.2) is 14.2 Å². The van der Waals surface area contributed by atoms with Gasteiger partial charge in [0.2, 0.25) is 41.4 Å². The van der Waals surface area contributed by atoms with Crippen LogP contribution in [0.2, 0.25) is 0 Å². The molecule has 10 fully saturated rings. The molecule has 1 spiro atoms. The second-order valence-corrected chi connectivity index (χ2v) is 36.6. The molecule has 128 heavy (non-hydrogen) atoms. The number of hydrogen-bond donors (Lipinski definition) is 9. The number of aliphatic hydroxyl groups is 2. The zero-order valence-corrected chi connectivity index (χ0v) is 72.2. The summed E-state index contributed by atoms with van der Waals surface area (Å²) in [4.78, 5) is 170. The number of nitrogens with zero attached hydrogens (tertiary/aromatic N) is 3. The summed E-state index contributed by atoms with van der Waals surface area (Å²) in [5.74, 6) is -8.91. The fourth-order valence-corrected chi connectivity index (χ4v) is 21.6. The van der Waals surface area contributed by atoms with Gasteiger partial charge in [0.1, 0.15) is 60.8 Å². The number of amides is 9. The van der Waals surface area contributed by atoms with E-state index in [1.807, 2.05) is 0 Å². The Hall–Kier alpha value is -9.92. The number of unbranched alkanes of at least 4 members (excludes halogenated alkanes) is 2. The summed E-state index contributed by atoms with van der Waals surface area (Å²) in [6.45, 7) is 9.57. The Morgan fingerprint density at radius 3 is 2.18 bits per heavy atom. The Bertz CT molecular complexity index is 5160. The Morgan fingerprint density at radius 1 is 0.680 bits per heavy atom. The van der Waals surface area contributed by atoms with E-state index >= 15 is 4.39 Å². The Morgan fingerprint density at radius 2 is 1.40 bits per heavy atom. The molecule has 2 aromatic carbocycles. The molecule has 10 saturated heterocycles. The first-order valence-electron chi connectivity index (χ1n) is 45.3. The van der Waals surface area contributed by atoms with Crippen LogP contribution in [0.5, 0.6) is 0 Å². The lowest BCUT2D eigenvalue weighted by Gasteiger charge is -2.47. The molecule has 4 aromatic rings. The van der Waals surface area contributed by atoms with E-state index in [4.69, 9.17) is 52.4 Å². The molecular formula is C93H113FN10O24. The van der Waals surface area contributed by atoms with Gasteiger partial charge in [-0.05, 0) is 136 Å². The summed E-state index contributed by atoms with van der Waals surface area (Å²) < 4.78 is 83.3. The fraction of sp³-hybridized carbons (Fsp3) is 0.602. The van der Waals surface area contributed by atoms with Crippen LogP contribution in [0.1, 0.15) is 193 Å². The molecule has 15 heterocycles. The van der Waals surface area contributed by atoms with Crippen molar-refractivity contribution >= 4 is 75.8 Å². The van der Waals surface area contributed by atoms with Crippen molar-refractivity contribution in [3.8, 4) is 11.4 Å². The van der Waals surface area contributed by atoms with E-state index in [2.05, 4.69) is 50.4 Å². The largest absolute Gasteiger partial charge is 0.458 e. The van der Waals surface area contributed by atoms with Gasteiger partial charge >= 0.3 is 5.97 Å². The third-order valence-corrected chi connectivity index (χ3v) is 28.3. The summed E-state index contributed by atoms with van der Waals surface area (Å²) >= 11 is 0. The number of imide groups is 1. The molecule has 686 valence electrons. The number of Topliss-reactive ketones (excluding diaryl/α,β-unsaturated/α-hetero) is 1. The molecule has 22 atom stereocenters. The molecule has 9 amide bonds. The van der Waals surface area contributed by atoms with Gasteiger partial charge in [-0.1, -0.05) is 56.8 Å². The van der Waals surface area contributed by atoms with Crippen LogP contribution in [0.3, 0.4) is 0 Å². The Labute approximate surface area is 738 Å². The number of ketones is 1. The molecule has 2 aromatic heterocycles. The lowest BCUT2D eigenvalue weighted by molar-refractivity contribution is -0.292. The number of carbonyl (C=O) groups is 11. The van der Waals surface area contributed by atoms with Crippen LogP contribution >= 0.6 is 0 Å². The van der Waals surface area contributed by atoms with Crippen molar-refractivity contribution in [2.75, 3.05) is 39.8 Å². The van der Waals surface area contributed by atoms with Crippen LogP contribution in [-0.2, 0) is 132 Å². The van der Waals surface area contributed by atoms with Crippen molar-refractivity contribution in [1.82, 2.24) is 51.7 Å². The van der Waals surface area contributed by atoms with Gasteiger partial charge in [0.25, 0.3) is 17.4 Å². The molecule has 18 rings (SSSR count). The van der Waals surface area contributed by atoms with Crippen molar-refractivity contribution in [3.05, 3.63) is 134 Å². The van der Waals surface area contributed by atoms with E-state index in [0.717, 1.165) is 48.2 Å². The minimum atomic E-state index is -2.12. The molecule has 14 aliphatic rings. The number of aryl methyl sites for hydroxylation is 1. The van der Waals surface area contributed by atoms with Crippen molar-refractivity contribution in [2.24, 2.45) is 5.92 Å². The molecule has 3 unspecified atom stereocenters. The minimum absolute atomic E-state index is 0.0149. The third-order valence-electron chi connectivity index (χ3n) is 28.3. The van der Waals surface area contributed by atoms with Gasteiger partial charge in [-0.2, -0.15) is 0 Å². The number of benzene rings is 2. The smallest absolute Gasteiger partial charge is 0.343 e. The third kappa shape index (κ3) is 18.7. The first-order chi connectivity index (χ1) is 61.6. The van der Waals surface area contributed by atoms with E-state index in [-0.39, 0.29) is 173 Å². The Balaban J connectivity index is 0.505. The lowest BCUT2D eigenvalue weighted by atomic mass is 9.81. The SMILES string of the molecule is C=C1C[C@@H]2CC[C@@]34C[C@H]5OC6C(O[C@H]7CC[C@H](CC(=O)C[C@@H]8[C@@H](OC)[C@@H](C[C@H](O)CNC(=O)CNC(=O)[C@H](Cc9ccccc9)NC(=O)CNC(=O)CNC(=O)C(CCC(=O)N[C@H]9CCc%10c(C)c(F)cc%11nc%12c(c9c%10%11)Cn9c-%12cc%10c(c9=O)COC(=O)[C@]%10(O)CC)NC(=O)CCCCCN9C(=O)C=CC9=O)O[C@H]8C[C@H]8O[C@H](CCC8=C)CC[C@@H]1O2)O[C@@H]7[C@@H]6O3)[C@H]5O4. The van der Waals surface area contributed by atoms with E-state index in [1.165, 1.54) is 28.9 Å². The van der Waals surface area contributed by atoms with Gasteiger partial charge in [-0.3, -0.25) is 57.6 Å². The van der Waals surface area contributed by atoms with E-state index in [0.29, 0.717) is 91.0 Å². The van der Waals surface area contributed by atoms with Gasteiger partial charge in [0.15, 0.2) is 11.4 Å². The van der Waals surface area contributed by atoms with Crippen LogP contribution in [0, 0.1) is 18.7 Å². The molecule has 0 saturated carbocycles. The molecule has 13 aliphatic heterocycles. The van der Waals surface area contributed by atoms with Crippen LogP contribution in [0.25, 0.3) is 22.3 Å². The van der Waals surface area contributed by atoms with E-state index in [1.54, 1.807) is 51.3 Å². The van der Waals surface area contributed by atoms with Crippen LogP contribution in [0.15, 0.2) is 83.7 Å². The first kappa shape index (κ1) is 90.0. The maximum Gasteiger partial charge on any atom is 0.343 e. The highest BCUT2D eigenvalue weighted by atomic mass is 19.1. The monoisotopic (exact) mass is 1770 g/mol. The highest BCUT2D eigenvalue weighted by Gasteiger charge is 2.69. The number of hydrogen-bond acceptors (Lipinski definition) is 25. The number of nitrogens with one attached hydrogen (secondary N) is 7. The number of methoxy groups -OCH3 is 1. The standard InChI is InChI=1S/C93H113FN10O24/c1-6-93(118)59-36-65-81-57(44-104(65)90(116)58(59)45-120-91(93)117)80-61(21-20-55-48(4)60(94)37-63(102-81)79(55)80)99-73(108)25-22-62(100-72(107)15-11-8-12-30-103-77(112)26-27-78(103)113)88(114)97-42-75(110)96-43-76(111)101-64(32-49-13-9-7-10-14-49)89(115)98-41-74(109)95-40-51(106)35-70-82(119-5)56-34-50(105)33-53-19-24-67-83(123-53)87-86-85(125-67)84-71(126-86)39-92(127-84,128-87)29-28-54-31-47(3)66(122-54)23-18-52-17-16-46(2)68(121-52)38-69(56)124-70/h7,9-10,13-14,26-27,36-37,51-54,56,61-62,64,66-71,82-87,106,118H,2-3,6,8,11-12,15-25,28-35,38-45H2,1,4-5H3,(H,95,109)(H,96,110)(H,97,114)(H,98,115)(H,99,108)(H,100,107)(H,101,111)/t51-,52+,53+,54-,56-,61-,62?,64-,66-,67-,68+,69-,70+,71+,82+,83-,84-,85?,86?,87-,92-,93-/m0/s1. The zero-order valence-electron chi connectivity index (χ0n) is 72.2. The fourth-order valence-electron chi connectivity index (χ4n) is 21.6. The quantitative estimate of drug-likeness (QED) is 0.0149. The van der Waals surface area contributed by atoms with Crippen LogP contribution in [-0.4, -0.2) is 245 Å². The summed E-state index contributed by atoms with van der Waals surface area (Å²) in [6.07, 6.45) is 3.87. The molecule has 34 nitrogen and oxygen atoms in total. The average Bonchev–Trinajstić information content (AvgIpc) is 1.40. The number of pyridine rings is 2. The summed E-state index contributed by atoms with van der Waals surface area (Å²) in [7, 11) is 1.54. The summed E-state index contributed by atoms with van der Waals surface area (Å²) in [6, 6.07) is 8.05. The maximum absolute atomic E-state index is 15.8. The number of halogens is 1. The number of cyclic esters (lactones) is 1.